The third kappa shape index (κ3) is 2.44. The monoisotopic (exact) mass is 297 g/mol. The molecule has 2 nitrogen and oxygen atoms in total. The molecule has 0 saturated heterocycles. The van der Waals surface area contributed by atoms with Crippen LogP contribution in [0.3, 0.4) is 0 Å². The average Bonchev–Trinajstić information content (AvgIpc) is 2.63. The molecular formula is C21H15NO. The Kier molecular flexibility index (Phi) is 3.28. The molecule has 0 spiro atoms. The summed E-state index contributed by atoms with van der Waals surface area (Å²) in [6.45, 7) is 0. The first-order valence-electron chi connectivity index (χ1n) is 7.56. The fourth-order valence-corrected chi connectivity index (χ4v) is 2.85. The molecular weight excluding hydrogens is 282 g/mol. The predicted octanol–water partition coefficient (Wildman–Crippen LogP) is 5.27. The van der Waals surface area contributed by atoms with Gasteiger partial charge in [-0.05, 0) is 23.3 Å². The van der Waals surface area contributed by atoms with Gasteiger partial charge in [0.15, 0.2) is 0 Å². The van der Waals surface area contributed by atoms with Crippen molar-refractivity contribution >= 4 is 10.9 Å². The van der Waals surface area contributed by atoms with Crippen LogP contribution in [0.5, 0.6) is 5.75 Å². The lowest BCUT2D eigenvalue weighted by Gasteiger charge is -2.11. The second-order valence-corrected chi connectivity index (χ2v) is 5.46. The number of hydrogen-bond acceptors (Lipinski definition) is 2. The van der Waals surface area contributed by atoms with Crippen LogP contribution in [0, 0.1) is 0 Å². The molecule has 4 rings (SSSR count). The van der Waals surface area contributed by atoms with Gasteiger partial charge in [0.1, 0.15) is 11.3 Å². The zero-order valence-corrected chi connectivity index (χ0v) is 12.5. The summed E-state index contributed by atoms with van der Waals surface area (Å²) in [6, 6.07) is 27.9. The summed E-state index contributed by atoms with van der Waals surface area (Å²) < 4.78 is 0. The van der Waals surface area contributed by atoms with Crippen LogP contribution in [0.15, 0.2) is 84.9 Å². The normalized spacial score (nSPS) is 10.8. The molecule has 0 bridgehead atoms. The van der Waals surface area contributed by atoms with Gasteiger partial charge in [0.25, 0.3) is 0 Å². The van der Waals surface area contributed by atoms with Crippen LogP contribution in [0.25, 0.3) is 33.3 Å². The summed E-state index contributed by atoms with van der Waals surface area (Å²) >= 11 is 0. The number of nitrogens with zero attached hydrogens (tertiary/aromatic N) is 1. The number of phenols is 1. The Morgan fingerprint density at radius 1 is 0.652 bits per heavy atom. The van der Waals surface area contributed by atoms with Crippen molar-refractivity contribution in [2.75, 3.05) is 0 Å². The molecule has 0 radical (unpaired) electrons. The van der Waals surface area contributed by atoms with Gasteiger partial charge in [-0.1, -0.05) is 72.8 Å². The maximum absolute atomic E-state index is 10.3. The number of pyridine rings is 1. The van der Waals surface area contributed by atoms with Crippen molar-refractivity contribution in [1.82, 2.24) is 4.98 Å². The number of benzene rings is 3. The van der Waals surface area contributed by atoms with Crippen LogP contribution in [-0.4, -0.2) is 10.1 Å². The van der Waals surface area contributed by atoms with Gasteiger partial charge in [-0.25, -0.2) is 4.98 Å². The Balaban J connectivity index is 2.06. The summed E-state index contributed by atoms with van der Waals surface area (Å²) in [5.74, 6) is 0.206. The van der Waals surface area contributed by atoms with E-state index in [0.29, 0.717) is 5.52 Å². The maximum atomic E-state index is 10.3. The first-order chi connectivity index (χ1) is 11.3. The van der Waals surface area contributed by atoms with E-state index in [4.69, 9.17) is 0 Å². The highest BCUT2D eigenvalue weighted by Crippen LogP contribution is 2.35. The number of rotatable bonds is 2. The summed E-state index contributed by atoms with van der Waals surface area (Å²) in [6.07, 6.45) is 0. The predicted molar refractivity (Wildman–Crippen MR) is 94.3 cm³/mol. The molecule has 23 heavy (non-hydrogen) atoms. The molecule has 0 saturated carbocycles. The van der Waals surface area contributed by atoms with Gasteiger partial charge in [0.05, 0.1) is 5.69 Å². The highest BCUT2D eigenvalue weighted by Gasteiger charge is 2.11. The van der Waals surface area contributed by atoms with Gasteiger partial charge in [0.2, 0.25) is 0 Å². The van der Waals surface area contributed by atoms with E-state index in [1.807, 2.05) is 60.7 Å². The number of aromatic hydroxyl groups is 1. The van der Waals surface area contributed by atoms with Crippen LogP contribution in [0.4, 0.5) is 0 Å². The molecule has 2 heteroatoms. The highest BCUT2D eigenvalue weighted by atomic mass is 16.3. The van der Waals surface area contributed by atoms with E-state index in [-0.39, 0.29) is 5.75 Å². The van der Waals surface area contributed by atoms with Gasteiger partial charge in [-0.15, -0.1) is 0 Å². The fourth-order valence-electron chi connectivity index (χ4n) is 2.85. The van der Waals surface area contributed by atoms with E-state index >= 15 is 0 Å². The molecule has 3 aromatic carbocycles. The van der Waals surface area contributed by atoms with Gasteiger partial charge in [-0.2, -0.15) is 0 Å². The van der Waals surface area contributed by atoms with Crippen LogP contribution in [-0.2, 0) is 0 Å². The summed E-state index contributed by atoms with van der Waals surface area (Å²) in [5.41, 5.74) is 4.72. The SMILES string of the molecule is Oc1cccc2c(-c3ccccc3)cc(-c3ccccc3)nc12. The van der Waals surface area contributed by atoms with Gasteiger partial charge >= 0.3 is 0 Å². The van der Waals surface area contributed by atoms with E-state index in [2.05, 4.69) is 23.2 Å². The van der Waals surface area contributed by atoms with Gasteiger partial charge in [-0.3, -0.25) is 0 Å². The zero-order valence-electron chi connectivity index (χ0n) is 12.5. The van der Waals surface area contributed by atoms with Gasteiger partial charge in [0, 0.05) is 10.9 Å². The first-order valence-corrected chi connectivity index (χ1v) is 7.56. The number of fused-ring (bicyclic) bond motifs is 1. The van der Waals surface area contributed by atoms with Crippen LogP contribution in [0.2, 0.25) is 0 Å². The Morgan fingerprint density at radius 2 is 1.30 bits per heavy atom. The zero-order chi connectivity index (χ0) is 15.6. The lowest BCUT2D eigenvalue weighted by Crippen LogP contribution is -1.90. The third-order valence-corrected chi connectivity index (χ3v) is 3.97. The third-order valence-electron chi connectivity index (χ3n) is 3.97. The van der Waals surface area contributed by atoms with Crippen molar-refractivity contribution in [3.05, 3.63) is 84.9 Å². The number of phenolic OH excluding ortho intramolecular Hbond substituents is 1. The van der Waals surface area contributed by atoms with Crippen LogP contribution >= 0.6 is 0 Å². The molecule has 1 heterocycles. The van der Waals surface area contributed by atoms with Crippen LogP contribution in [0.1, 0.15) is 0 Å². The summed E-state index contributed by atoms with van der Waals surface area (Å²) in [7, 11) is 0. The van der Waals surface area contributed by atoms with E-state index in [9.17, 15) is 5.11 Å². The maximum Gasteiger partial charge on any atom is 0.141 e. The minimum atomic E-state index is 0.206. The van der Waals surface area contributed by atoms with Crippen molar-refractivity contribution in [3.63, 3.8) is 0 Å². The van der Waals surface area contributed by atoms with Gasteiger partial charge < -0.3 is 5.11 Å². The quantitative estimate of drug-likeness (QED) is 0.546. The molecule has 4 aromatic rings. The standard InChI is InChI=1S/C21H15NO/c23-20-13-7-12-17-18(15-8-3-1-4-9-15)14-19(22-21(17)20)16-10-5-2-6-11-16/h1-14,23H. The number of aromatic nitrogens is 1. The molecule has 0 atom stereocenters. The molecule has 110 valence electrons. The molecule has 0 amide bonds. The molecule has 0 aliphatic heterocycles. The van der Waals surface area contributed by atoms with Crippen molar-refractivity contribution in [2.45, 2.75) is 0 Å². The summed E-state index contributed by atoms with van der Waals surface area (Å²) in [4.78, 5) is 4.68. The molecule has 0 fully saturated rings. The topological polar surface area (TPSA) is 33.1 Å². The summed E-state index contributed by atoms with van der Waals surface area (Å²) in [5, 5.41) is 11.2. The number of hydrogen-bond donors (Lipinski definition) is 1. The Hall–Kier alpha value is -3.13. The molecule has 0 unspecified atom stereocenters. The Labute approximate surface area is 134 Å². The average molecular weight is 297 g/mol. The van der Waals surface area contributed by atoms with Crippen molar-refractivity contribution in [2.24, 2.45) is 0 Å². The Morgan fingerprint density at radius 3 is 2.00 bits per heavy atom. The van der Waals surface area contributed by atoms with E-state index in [1.54, 1.807) is 6.07 Å². The van der Waals surface area contributed by atoms with E-state index in [1.165, 1.54) is 0 Å². The van der Waals surface area contributed by atoms with E-state index < -0.39 is 0 Å². The lowest BCUT2D eigenvalue weighted by molar-refractivity contribution is 0.480. The highest BCUT2D eigenvalue weighted by molar-refractivity contribution is 5.99. The molecule has 1 N–H and O–H groups in total. The van der Waals surface area contributed by atoms with Crippen molar-refractivity contribution < 1.29 is 5.11 Å². The van der Waals surface area contributed by atoms with Crippen molar-refractivity contribution in [1.29, 1.82) is 0 Å². The fraction of sp³-hybridized carbons (Fsp3) is 0. The number of para-hydroxylation sites is 1. The largest absolute Gasteiger partial charge is 0.506 e. The minimum Gasteiger partial charge on any atom is -0.506 e. The minimum absolute atomic E-state index is 0.206. The lowest BCUT2D eigenvalue weighted by atomic mass is 9.98. The Bertz CT molecular complexity index is 963. The molecule has 0 aliphatic rings. The van der Waals surface area contributed by atoms with Crippen LogP contribution < -0.4 is 0 Å². The molecule has 0 aliphatic carbocycles. The second-order valence-electron chi connectivity index (χ2n) is 5.46. The van der Waals surface area contributed by atoms with Crippen molar-refractivity contribution in [3.8, 4) is 28.1 Å². The molecule has 1 aromatic heterocycles. The first kappa shape index (κ1) is 13.5. The smallest absolute Gasteiger partial charge is 0.141 e. The van der Waals surface area contributed by atoms with E-state index in [0.717, 1.165) is 27.8 Å². The second kappa shape index (κ2) is 5.58.